The quantitative estimate of drug-likeness (QED) is 0.413. The molecule has 7 nitrogen and oxygen atoms in total. The second-order valence-electron chi connectivity index (χ2n) is 9.33. The summed E-state index contributed by atoms with van der Waals surface area (Å²) < 4.78 is 36.6. The molecule has 0 spiro atoms. The van der Waals surface area contributed by atoms with E-state index in [0.717, 1.165) is 18.1 Å². The summed E-state index contributed by atoms with van der Waals surface area (Å²) in [5, 5.41) is 4.51. The average molecular weight is 463 g/mol. The van der Waals surface area contributed by atoms with Crippen LogP contribution in [0.4, 0.5) is 8.78 Å². The summed E-state index contributed by atoms with van der Waals surface area (Å²) in [5.74, 6) is -0.790. The van der Waals surface area contributed by atoms with E-state index < -0.39 is 11.6 Å². The molecule has 4 heterocycles. The molecule has 1 saturated heterocycles. The third-order valence-electron chi connectivity index (χ3n) is 6.52. The Morgan fingerprint density at radius 2 is 1.91 bits per heavy atom. The molecule has 0 radical (unpaired) electrons. The van der Waals surface area contributed by atoms with E-state index in [4.69, 9.17) is 14.7 Å². The molecule has 1 aliphatic carbocycles. The normalized spacial score (nSPS) is 22.9. The van der Waals surface area contributed by atoms with E-state index in [1.165, 1.54) is 25.0 Å². The van der Waals surface area contributed by atoms with E-state index in [-0.39, 0.29) is 23.7 Å². The Hall–Kier alpha value is -3.33. The van der Waals surface area contributed by atoms with Gasteiger partial charge in [-0.15, -0.1) is 0 Å². The summed E-state index contributed by atoms with van der Waals surface area (Å²) in [7, 11) is 0. The maximum Gasteiger partial charge on any atom is 0.182 e. The summed E-state index contributed by atoms with van der Waals surface area (Å²) in [4.78, 5) is 18.5. The maximum atomic E-state index is 14.8. The Kier molecular flexibility index (Phi) is 5.09. The molecule has 1 aromatic carbocycles. The van der Waals surface area contributed by atoms with Gasteiger partial charge in [-0.3, -0.25) is 4.68 Å². The number of aryl methyl sites for hydroxylation is 1. The Morgan fingerprint density at radius 3 is 2.71 bits per heavy atom. The average Bonchev–Trinajstić information content (AvgIpc) is 3.54. The van der Waals surface area contributed by atoms with Gasteiger partial charge in [0.1, 0.15) is 28.7 Å². The van der Waals surface area contributed by atoms with E-state index in [1.54, 1.807) is 6.20 Å². The van der Waals surface area contributed by atoms with Gasteiger partial charge in [0.2, 0.25) is 0 Å². The molecule has 2 fully saturated rings. The number of ether oxygens (including phenoxy) is 1. The number of hydrogen-bond donors (Lipinski definition) is 0. The minimum absolute atomic E-state index is 0.0121. The molecule has 0 N–H and O–H groups in total. The molecule has 0 bridgehead atoms. The second-order valence-corrected chi connectivity index (χ2v) is 9.33. The summed E-state index contributed by atoms with van der Waals surface area (Å²) >= 11 is 0. The Morgan fingerprint density at radius 1 is 1.06 bits per heavy atom. The van der Waals surface area contributed by atoms with Gasteiger partial charge in [0.25, 0.3) is 0 Å². The number of hydrogen-bond acceptors (Lipinski definition) is 6. The predicted octanol–water partition coefficient (Wildman–Crippen LogP) is 5.23. The molecule has 4 aromatic rings. The minimum atomic E-state index is -0.695. The first-order chi connectivity index (χ1) is 16.4. The standard InChI is InChI=1S/C25H24F2N6O/c1-13-10-28-23-22(19-6-3-17(26)9-20(19)27)31-24(32-25(23)30-13)15-7-14(2)34-21(8-15)16-11-29-33(12-16)18-4-5-18/h3,6,9-12,14-15,18,21H,4-5,7-8H2,1-2H3/t14-,15+,21+/m1/s1. The zero-order valence-electron chi connectivity index (χ0n) is 18.9. The van der Waals surface area contributed by atoms with Crippen molar-refractivity contribution in [1.29, 1.82) is 0 Å². The Bertz CT molecular complexity index is 1390. The van der Waals surface area contributed by atoms with Gasteiger partial charge in [-0.2, -0.15) is 5.10 Å². The third-order valence-corrected chi connectivity index (χ3v) is 6.52. The van der Waals surface area contributed by atoms with Crippen molar-refractivity contribution in [1.82, 2.24) is 29.7 Å². The van der Waals surface area contributed by atoms with Crippen molar-refractivity contribution in [3.8, 4) is 11.3 Å². The molecule has 6 rings (SSSR count). The van der Waals surface area contributed by atoms with E-state index in [1.807, 2.05) is 24.7 Å². The summed E-state index contributed by atoms with van der Waals surface area (Å²) in [6, 6.07) is 3.97. The van der Waals surface area contributed by atoms with Gasteiger partial charge in [0.15, 0.2) is 5.65 Å². The van der Waals surface area contributed by atoms with Crippen molar-refractivity contribution in [2.75, 3.05) is 0 Å². The van der Waals surface area contributed by atoms with Gasteiger partial charge in [0, 0.05) is 35.5 Å². The van der Waals surface area contributed by atoms with E-state index in [0.29, 0.717) is 40.8 Å². The van der Waals surface area contributed by atoms with Gasteiger partial charge in [-0.05, 0) is 51.7 Å². The highest BCUT2D eigenvalue weighted by Crippen LogP contribution is 2.41. The van der Waals surface area contributed by atoms with Crippen LogP contribution in [0.15, 0.2) is 36.8 Å². The molecule has 3 atom stereocenters. The smallest absolute Gasteiger partial charge is 0.182 e. The van der Waals surface area contributed by atoms with Crippen LogP contribution in [0, 0.1) is 18.6 Å². The Labute approximate surface area is 195 Å². The van der Waals surface area contributed by atoms with Crippen molar-refractivity contribution >= 4 is 11.2 Å². The molecule has 3 aromatic heterocycles. The molecular formula is C25H24F2N6O. The molecule has 1 saturated carbocycles. The lowest BCUT2D eigenvalue weighted by Crippen LogP contribution is -2.26. The molecule has 34 heavy (non-hydrogen) atoms. The van der Waals surface area contributed by atoms with Crippen LogP contribution < -0.4 is 0 Å². The first kappa shape index (κ1) is 21.2. The number of nitrogens with zero attached hydrogens (tertiary/aromatic N) is 6. The topological polar surface area (TPSA) is 78.6 Å². The lowest BCUT2D eigenvalue weighted by molar-refractivity contribution is -0.0511. The van der Waals surface area contributed by atoms with Gasteiger partial charge < -0.3 is 4.74 Å². The molecule has 174 valence electrons. The fraction of sp³-hybridized carbons (Fsp3) is 0.400. The van der Waals surface area contributed by atoms with Crippen LogP contribution in [0.3, 0.4) is 0 Å². The van der Waals surface area contributed by atoms with Crippen LogP contribution >= 0.6 is 0 Å². The van der Waals surface area contributed by atoms with Gasteiger partial charge >= 0.3 is 0 Å². The lowest BCUT2D eigenvalue weighted by atomic mass is 9.89. The first-order valence-electron chi connectivity index (χ1n) is 11.6. The van der Waals surface area contributed by atoms with Crippen LogP contribution in [0.25, 0.3) is 22.4 Å². The van der Waals surface area contributed by atoms with Crippen molar-refractivity contribution in [2.45, 2.75) is 63.7 Å². The van der Waals surface area contributed by atoms with Gasteiger partial charge in [-0.25, -0.2) is 28.7 Å². The number of rotatable bonds is 4. The zero-order valence-corrected chi connectivity index (χ0v) is 18.9. The fourth-order valence-corrected chi connectivity index (χ4v) is 4.69. The largest absolute Gasteiger partial charge is 0.370 e. The highest BCUT2D eigenvalue weighted by molar-refractivity contribution is 5.86. The second kappa shape index (κ2) is 8.16. The molecule has 0 unspecified atom stereocenters. The van der Waals surface area contributed by atoms with Crippen LogP contribution in [-0.2, 0) is 4.74 Å². The van der Waals surface area contributed by atoms with Crippen LogP contribution in [0.5, 0.6) is 0 Å². The molecule has 2 aliphatic rings. The van der Waals surface area contributed by atoms with Crippen LogP contribution in [-0.4, -0.2) is 35.8 Å². The number of fused-ring (bicyclic) bond motifs is 1. The number of halogens is 2. The summed E-state index contributed by atoms with van der Waals surface area (Å²) in [6.07, 6.45) is 9.15. The Balaban J connectivity index is 1.41. The molecule has 0 amide bonds. The number of aromatic nitrogens is 6. The summed E-state index contributed by atoms with van der Waals surface area (Å²) in [6.45, 7) is 3.87. The predicted molar refractivity (Wildman–Crippen MR) is 121 cm³/mol. The zero-order chi connectivity index (χ0) is 23.4. The number of benzene rings is 1. The lowest BCUT2D eigenvalue weighted by Gasteiger charge is -2.33. The fourth-order valence-electron chi connectivity index (χ4n) is 4.69. The highest BCUT2D eigenvalue weighted by Gasteiger charge is 2.33. The SMILES string of the molecule is Cc1cnc2c(-c3ccc(F)cc3F)nc([C@H]3C[C@@H](C)O[C@H](c4cnn(C5CC5)c4)C3)nc2n1. The van der Waals surface area contributed by atoms with Gasteiger partial charge in [-0.1, -0.05) is 0 Å². The molecular weight excluding hydrogens is 438 g/mol. The van der Waals surface area contributed by atoms with E-state index in [9.17, 15) is 8.78 Å². The maximum absolute atomic E-state index is 14.8. The van der Waals surface area contributed by atoms with E-state index in [2.05, 4.69) is 21.3 Å². The van der Waals surface area contributed by atoms with Crippen molar-refractivity contribution in [2.24, 2.45) is 0 Å². The van der Waals surface area contributed by atoms with E-state index >= 15 is 0 Å². The van der Waals surface area contributed by atoms with Crippen molar-refractivity contribution < 1.29 is 13.5 Å². The molecule has 1 aliphatic heterocycles. The third kappa shape index (κ3) is 3.94. The first-order valence-corrected chi connectivity index (χ1v) is 11.6. The van der Waals surface area contributed by atoms with Crippen molar-refractivity contribution in [3.05, 3.63) is 65.5 Å². The minimum Gasteiger partial charge on any atom is -0.370 e. The molecule has 9 heteroatoms. The van der Waals surface area contributed by atoms with Gasteiger partial charge in [0.05, 0.1) is 30.1 Å². The monoisotopic (exact) mass is 462 g/mol. The summed E-state index contributed by atoms with van der Waals surface area (Å²) in [5.41, 5.74) is 3.04. The van der Waals surface area contributed by atoms with Crippen LogP contribution in [0.2, 0.25) is 0 Å². The van der Waals surface area contributed by atoms with Crippen LogP contribution in [0.1, 0.15) is 67.8 Å². The van der Waals surface area contributed by atoms with Crippen molar-refractivity contribution in [3.63, 3.8) is 0 Å². The highest BCUT2D eigenvalue weighted by atomic mass is 19.1.